The summed E-state index contributed by atoms with van der Waals surface area (Å²) in [5.41, 5.74) is 1.91. The molecule has 4 nitrogen and oxygen atoms in total. The van der Waals surface area contributed by atoms with Crippen LogP contribution in [0.2, 0.25) is 0 Å². The van der Waals surface area contributed by atoms with Crippen molar-refractivity contribution in [2.45, 2.75) is 51.4 Å². The van der Waals surface area contributed by atoms with Gasteiger partial charge in [-0.2, -0.15) is 0 Å². The fraction of sp³-hybridized carbons (Fsp3) is 0.500. The van der Waals surface area contributed by atoms with E-state index in [9.17, 15) is 5.11 Å². The van der Waals surface area contributed by atoms with Crippen LogP contribution in [0.25, 0.3) is 0 Å². The molecule has 0 saturated carbocycles. The molecular weight excluding hydrogens is 348 g/mol. The van der Waals surface area contributed by atoms with E-state index in [1.54, 1.807) is 0 Å². The lowest BCUT2D eigenvalue weighted by molar-refractivity contribution is -0.0275. The number of benzene rings is 2. The molecule has 2 aromatic carbocycles. The first-order valence-corrected chi connectivity index (χ1v) is 10.4. The second-order valence-electron chi connectivity index (χ2n) is 8.32. The molecule has 0 spiro atoms. The molecule has 1 aliphatic heterocycles. The van der Waals surface area contributed by atoms with Gasteiger partial charge in [0.15, 0.2) is 0 Å². The second-order valence-corrected chi connectivity index (χ2v) is 8.32. The number of nitrogens with zero attached hydrogens (tertiary/aromatic N) is 2. The Morgan fingerprint density at radius 3 is 2.46 bits per heavy atom. The maximum Gasteiger partial charge on any atom is 0.121 e. The second kappa shape index (κ2) is 9.44. The summed E-state index contributed by atoms with van der Waals surface area (Å²) in [5, 5.41) is 11.0. The Kier molecular flexibility index (Phi) is 6.97. The molecule has 0 atom stereocenters. The standard InChI is InChI=1S/C24H34N2O2/c1-20(2)28-23-11-7-10-22(18-23)25(3)15-12-24(27)13-16-26(17-14-24)19-21-8-5-4-6-9-21/h4-11,18,20,27H,12-17,19H2,1-3H3. The van der Waals surface area contributed by atoms with Crippen molar-refractivity contribution in [1.29, 1.82) is 0 Å². The monoisotopic (exact) mass is 382 g/mol. The SMILES string of the molecule is CC(C)Oc1cccc(N(C)CCC2(O)CCN(Cc3ccccc3)CC2)c1. The minimum Gasteiger partial charge on any atom is -0.491 e. The Bertz CT molecular complexity index is 724. The van der Waals surface area contributed by atoms with Crippen LogP contribution in [-0.2, 0) is 6.54 Å². The summed E-state index contributed by atoms with van der Waals surface area (Å²) < 4.78 is 5.80. The van der Waals surface area contributed by atoms with Gasteiger partial charge in [-0.15, -0.1) is 0 Å². The van der Waals surface area contributed by atoms with E-state index in [1.807, 2.05) is 26.0 Å². The predicted molar refractivity (Wildman–Crippen MR) is 116 cm³/mol. The minimum atomic E-state index is -0.562. The summed E-state index contributed by atoms with van der Waals surface area (Å²) in [6, 6.07) is 18.8. The van der Waals surface area contributed by atoms with E-state index in [1.165, 1.54) is 5.56 Å². The van der Waals surface area contributed by atoms with Gasteiger partial charge in [0, 0.05) is 45.0 Å². The first kappa shape index (κ1) is 20.7. The van der Waals surface area contributed by atoms with Crippen molar-refractivity contribution in [3.8, 4) is 5.75 Å². The van der Waals surface area contributed by atoms with Crippen molar-refractivity contribution in [3.63, 3.8) is 0 Å². The topological polar surface area (TPSA) is 35.9 Å². The molecule has 1 saturated heterocycles. The van der Waals surface area contributed by atoms with Crippen LogP contribution in [-0.4, -0.2) is 48.4 Å². The predicted octanol–water partition coefficient (Wildman–Crippen LogP) is 4.33. The summed E-state index contributed by atoms with van der Waals surface area (Å²) in [5.74, 6) is 0.896. The first-order valence-electron chi connectivity index (χ1n) is 10.4. The number of likely N-dealkylation sites (tertiary alicyclic amines) is 1. The maximum absolute atomic E-state index is 11.0. The molecule has 152 valence electrons. The Hall–Kier alpha value is -2.04. The summed E-state index contributed by atoms with van der Waals surface area (Å²) in [6.45, 7) is 7.78. The van der Waals surface area contributed by atoms with Gasteiger partial charge in [0.25, 0.3) is 0 Å². The third-order valence-electron chi connectivity index (χ3n) is 5.58. The van der Waals surface area contributed by atoms with E-state index in [2.05, 4.69) is 59.3 Å². The van der Waals surface area contributed by atoms with Crippen molar-refractivity contribution in [2.24, 2.45) is 0 Å². The number of piperidine rings is 1. The molecule has 1 N–H and O–H groups in total. The number of ether oxygens (including phenoxy) is 1. The molecule has 2 aromatic rings. The van der Waals surface area contributed by atoms with Crippen LogP contribution in [0.5, 0.6) is 5.75 Å². The van der Waals surface area contributed by atoms with Crippen LogP contribution in [0.4, 0.5) is 5.69 Å². The van der Waals surface area contributed by atoms with E-state index in [0.717, 1.165) is 56.9 Å². The Morgan fingerprint density at radius 2 is 1.79 bits per heavy atom. The van der Waals surface area contributed by atoms with Gasteiger partial charge in [0.1, 0.15) is 5.75 Å². The molecule has 4 heteroatoms. The molecular formula is C24H34N2O2. The molecule has 1 fully saturated rings. The Labute approximate surface area is 169 Å². The number of aliphatic hydroxyl groups is 1. The Morgan fingerprint density at radius 1 is 1.07 bits per heavy atom. The van der Waals surface area contributed by atoms with E-state index in [4.69, 9.17) is 4.74 Å². The van der Waals surface area contributed by atoms with Crippen LogP contribution >= 0.6 is 0 Å². The lowest BCUT2D eigenvalue weighted by atomic mass is 9.88. The van der Waals surface area contributed by atoms with Crippen molar-refractivity contribution in [1.82, 2.24) is 4.90 Å². The number of hydrogen-bond acceptors (Lipinski definition) is 4. The highest BCUT2D eigenvalue weighted by atomic mass is 16.5. The van der Waals surface area contributed by atoms with Crippen LogP contribution in [0.15, 0.2) is 54.6 Å². The van der Waals surface area contributed by atoms with Crippen molar-refractivity contribution >= 4 is 5.69 Å². The summed E-state index contributed by atoms with van der Waals surface area (Å²) >= 11 is 0. The molecule has 0 bridgehead atoms. The number of anilines is 1. The van der Waals surface area contributed by atoms with Gasteiger partial charge in [-0.3, -0.25) is 4.90 Å². The fourth-order valence-electron chi connectivity index (χ4n) is 3.79. The highest BCUT2D eigenvalue weighted by molar-refractivity contribution is 5.50. The van der Waals surface area contributed by atoms with Gasteiger partial charge >= 0.3 is 0 Å². The average Bonchev–Trinajstić information content (AvgIpc) is 2.69. The van der Waals surface area contributed by atoms with Crippen LogP contribution in [0.3, 0.4) is 0 Å². The smallest absolute Gasteiger partial charge is 0.121 e. The molecule has 0 amide bonds. The van der Waals surface area contributed by atoms with Crippen LogP contribution in [0.1, 0.15) is 38.7 Å². The van der Waals surface area contributed by atoms with Gasteiger partial charge < -0.3 is 14.7 Å². The van der Waals surface area contributed by atoms with E-state index in [0.29, 0.717) is 0 Å². The minimum absolute atomic E-state index is 0.169. The van der Waals surface area contributed by atoms with Gasteiger partial charge in [-0.05, 0) is 50.8 Å². The summed E-state index contributed by atoms with van der Waals surface area (Å²) in [7, 11) is 2.09. The van der Waals surface area contributed by atoms with Crippen LogP contribution in [0, 0.1) is 0 Å². The molecule has 1 aliphatic rings. The Balaban J connectivity index is 1.48. The largest absolute Gasteiger partial charge is 0.491 e. The lowest BCUT2D eigenvalue weighted by Gasteiger charge is -2.39. The van der Waals surface area contributed by atoms with Gasteiger partial charge in [0.05, 0.1) is 11.7 Å². The van der Waals surface area contributed by atoms with Crippen molar-refractivity contribution < 1.29 is 9.84 Å². The normalized spacial score (nSPS) is 16.9. The van der Waals surface area contributed by atoms with Crippen molar-refractivity contribution in [3.05, 3.63) is 60.2 Å². The maximum atomic E-state index is 11.0. The van der Waals surface area contributed by atoms with Crippen LogP contribution < -0.4 is 9.64 Å². The number of rotatable bonds is 8. The molecule has 3 rings (SSSR count). The first-order chi connectivity index (χ1) is 13.4. The third kappa shape index (κ3) is 5.98. The molecule has 1 heterocycles. The summed E-state index contributed by atoms with van der Waals surface area (Å²) in [6.07, 6.45) is 2.63. The van der Waals surface area contributed by atoms with Gasteiger partial charge in [-0.25, -0.2) is 0 Å². The lowest BCUT2D eigenvalue weighted by Crippen LogP contribution is -2.45. The van der Waals surface area contributed by atoms with E-state index < -0.39 is 5.60 Å². The van der Waals surface area contributed by atoms with Gasteiger partial charge in [-0.1, -0.05) is 36.4 Å². The fourth-order valence-corrected chi connectivity index (χ4v) is 3.79. The van der Waals surface area contributed by atoms with E-state index in [-0.39, 0.29) is 6.10 Å². The zero-order valence-electron chi connectivity index (χ0n) is 17.5. The highest BCUT2D eigenvalue weighted by Crippen LogP contribution is 2.28. The zero-order chi connectivity index (χ0) is 20.0. The van der Waals surface area contributed by atoms with Gasteiger partial charge in [0.2, 0.25) is 0 Å². The molecule has 0 unspecified atom stereocenters. The molecule has 0 radical (unpaired) electrons. The third-order valence-corrected chi connectivity index (χ3v) is 5.58. The highest BCUT2D eigenvalue weighted by Gasteiger charge is 2.32. The molecule has 28 heavy (non-hydrogen) atoms. The average molecular weight is 383 g/mol. The quantitative estimate of drug-likeness (QED) is 0.737. The summed E-state index contributed by atoms with van der Waals surface area (Å²) in [4.78, 5) is 4.65. The van der Waals surface area contributed by atoms with Crippen molar-refractivity contribution in [2.75, 3.05) is 31.6 Å². The molecule has 0 aromatic heterocycles. The number of hydrogen-bond donors (Lipinski definition) is 1. The zero-order valence-corrected chi connectivity index (χ0v) is 17.5. The van der Waals surface area contributed by atoms with E-state index >= 15 is 0 Å². The molecule has 0 aliphatic carbocycles.